The van der Waals surface area contributed by atoms with Crippen LogP contribution in [0, 0.1) is 13.8 Å². The highest BCUT2D eigenvalue weighted by Gasteiger charge is 2.10. The van der Waals surface area contributed by atoms with Gasteiger partial charge in [0.15, 0.2) is 0 Å². The van der Waals surface area contributed by atoms with Gasteiger partial charge in [0, 0.05) is 30.1 Å². The molecule has 6 nitrogen and oxygen atoms in total. The number of hydrogen-bond donors (Lipinski definition) is 0. The lowest BCUT2D eigenvalue weighted by molar-refractivity contribution is -0.128. The Hall–Kier alpha value is -2.89. The maximum Gasteiger partial charge on any atom is 0.293 e. The van der Waals surface area contributed by atoms with E-state index in [2.05, 4.69) is 35.7 Å². The average molecular weight is 341 g/mol. The largest absolute Gasteiger partial charge is 0.468 e. The number of aromatic nitrogens is 3. The molecule has 3 aromatic rings. The van der Waals surface area contributed by atoms with E-state index in [1.54, 1.807) is 17.4 Å². The Morgan fingerprint density at radius 1 is 1.16 bits per heavy atom. The first-order chi connectivity index (χ1) is 12.0. The molecule has 3 rings (SSSR count). The van der Waals surface area contributed by atoms with Gasteiger partial charge in [0.25, 0.3) is 12.0 Å². The molecule has 0 bridgehead atoms. The molecule has 0 fully saturated rings. The van der Waals surface area contributed by atoms with E-state index in [1.165, 1.54) is 5.56 Å². The van der Waals surface area contributed by atoms with E-state index in [0.717, 1.165) is 23.5 Å². The van der Waals surface area contributed by atoms with Crippen LogP contribution in [0.1, 0.15) is 25.1 Å². The minimum absolute atomic E-state index is 0.0342. The average Bonchev–Trinajstić information content (AvgIpc) is 3.03. The fourth-order valence-electron chi connectivity index (χ4n) is 2.53. The van der Waals surface area contributed by atoms with Crippen molar-refractivity contribution in [1.82, 2.24) is 14.0 Å². The third-order valence-electron chi connectivity index (χ3n) is 3.82. The van der Waals surface area contributed by atoms with Crippen molar-refractivity contribution in [3.63, 3.8) is 0 Å². The molecule has 0 unspecified atom stereocenters. The molecule has 0 amide bonds. The van der Waals surface area contributed by atoms with Crippen molar-refractivity contribution in [3.8, 4) is 11.3 Å². The van der Waals surface area contributed by atoms with Gasteiger partial charge < -0.3 is 9.30 Å². The van der Waals surface area contributed by atoms with Crippen LogP contribution in [0.5, 0.6) is 0 Å². The highest BCUT2D eigenvalue weighted by atomic mass is 16.5. The first kappa shape index (κ1) is 18.4. The summed E-state index contributed by atoms with van der Waals surface area (Å²) >= 11 is 0. The number of imidazole rings is 1. The zero-order chi connectivity index (χ0) is 18.4. The minimum Gasteiger partial charge on any atom is -0.468 e. The lowest BCUT2D eigenvalue weighted by atomic mass is 10.1. The molecule has 0 saturated heterocycles. The van der Waals surface area contributed by atoms with Crippen LogP contribution in [0.15, 0.2) is 41.3 Å². The standard InChI is InChI=1S/C16H17N3O.C3H6O2/c1-4-18-12(3)9-15(20)19-10-14(17-16(18)19)13-7-5-11(2)6-8-13;1-2-5-3-4/h5-10H,4H2,1-3H3;3H,2H2,1H3. The van der Waals surface area contributed by atoms with Gasteiger partial charge in [-0.15, -0.1) is 0 Å². The smallest absolute Gasteiger partial charge is 0.293 e. The van der Waals surface area contributed by atoms with Gasteiger partial charge in [0.1, 0.15) is 0 Å². The summed E-state index contributed by atoms with van der Waals surface area (Å²) in [5.74, 6) is 0.702. The van der Waals surface area contributed by atoms with E-state index in [0.29, 0.717) is 18.9 Å². The van der Waals surface area contributed by atoms with Gasteiger partial charge in [0.2, 0.25) is 5.78 Å². The van der Waals surface area contributed by atoms with Crippen LogP contribution >= 0.6 is 0 Å². The van der Waals surface area contributed by atoms with Crippen LogP contribution in [0.25, 0.3) is 17.0 Å². The van der Waals surface area contributed by atoms with Crippen LogP contribution in [-0.4, -0.2) is 27.0 Å². The molecule has 0 aliphatic heterocycles. The number of nitrogens with zero attached hydrogens (tertiary/aromatic N) is 3. The summed E-state index contributed by atoms with van der Waals surface area (Å²) in [6.07, 6.45) is 1.81. The van der Waals surface area contributed by atoms with Crippen molar-refractivity contribution in [2.45, 2.75) is 34.2 Å². The molecule has 132 valence electrons. The molecule has 0 N–H and O–H groups in total. The fraction of sp³-hybridized carbons (Fsp3) is 0.316. The lowest BCUT2D eigenvalue weighted by Crippen LogP contribution is -2.18. The van der Waals surface area contributed by atoms with E-state index in [9.17, 15) is 9.59 Å². The van der Waals surface area contributed by atoms with Crippen LogP contribution in [0.3, 0.4) is 0 Å². The Kier molecular flexibility index (Phi) is 6.11. The second kappa shape index (κ2) is 8.28. The van der Waals surface area contributed by atoms with Crippen molar-refractivity contribution in [2.75, 3.05) is 6.61 Å². The molecule has 0 radical (unpaired) electrons. The third-order valence-corrected chi connectivity index (χ3v) is 3.82. The molecule has 2 aromatic heterocycles. The number of carbonyl (C=O) groups is 1. The van der Waals surface area contributed by atoms with Crippen molar-refractivity contribution < 1.29 is 9.53 Å². The molecule has 25 heavy (non-hydrogen) atoms. The zero-order valence-electron chi connectivity index (χ0n) is 15.0. The van der Waals surface area contributed by atoms with E-state index in [1.807, 2.05) is 29.8 Å². The number of hydrogen-bond acceptors (Lipinski definition) is 4. The van der Waals surface area contributed by atoms with E-state index < -0.39 is 0 Å². The summed E-state index contributed by atoms with van der Waals surface area (Å²) in [4.78, 5) is 25.9. The van der Waals surface area contributed by atoms with Crippen molar-refractivity contribution >= 4 is 12.2 Å². The van der Waals surface area contributed by atoms with Gasteiger partial charge in [-0.3, -0.25) is 14.0 Å². The van der Waals surface area contributed by atoms with Gasteiger partial charge in [-0.2, -0.15) is 0 Å². The summed E-state index contributed by atoms with van der Waals surface area (Å²) in [6, 6.07) is 9.82. The van der Waals surface area contributed by atoms with E-state index in [-0.39, 0.29) is 5.56 Å². The van der Waals surface area contributed by atoms with Gasteiger partial charge in [0.05, 0.1) is 12.3 Å². The summed E-state index contributed by atoms with van der Waals surface area (Å²) in [7, 11) is 0. The molecule has 1 aromatic carbocycles. The lowest BCUT2D eigenvalue weighted by Gasteiger charge is -2.08. The van der Waals surface area contributed by atoms with Crippen LogP contribution < -0.4 is 5.56 Å². The summed E-state index contributed by atoms with van der Waals surface area (Å²) in [5.41, 5.74) is 3.97. The monoisotopic (exact) mass is 341 g/mol. The normalized spacial score (nSPS) is 10.2. The first-order valence-corrected chi connectivity index (χ1v) is 8.23. The third kappa shape index (κ3) is 4.15. The van der Waals surface area contributed by atoms with Crippen molar-refractivity contribution in [2.24, 2.45) is 0 Å². The molecule has 0 saturated carbocycles. The Morgan fingerprint density at radius 2 is 1.84 bits per heavy atom. The van der Waals surface area contributed by atoms with Crippen LogP contribution in [-0.2, 0) is 16.1 Å². The van der Waals surface area contributed by atoms with Gasteiger partial charge in [-0.05, 0) is 27.7 Å². The zero-order valence-corrected chi connectivity index (χ0v) is 15.0. The van der Waals surface area contributed by atoms with Crippen LogP contribution in [0.4, 0.5) is 0 Å². The van der Waals surface area contributed by atoms with E-state index in [4.69, 9.17) is 0 Å². The number of aryl methyl sites for hydroxylation is 3. The topological polar surface area (TPSA) is 65.6 Å². The minimum atomic E-state index is -0.0342. The molecule has 0 aliphatic rings. The Labute approximate surface area is 146 Å². The Bertz CT molecular complexity index is 908. The highest BCUT2D eigenvalue weighted by molar-refractivity contribution is 5.61. The Morgan fingerprint density at radius 3 is 2.36 bits per heavy atom. The first-order valence-electron chi connectivity index (χ1n) is 8.23. The quantitative estimate of drug-likeness (QED) is 0.684. The van der Waals surface area contributed by atoms with Crippen LogP contribution in [0.2, 0.25) is 0 Å². The predicted molar refractivity (Wildman–Crippen MR) is 97.7 cm³/mol. The Balaban J connectivity index is 0.000000399. The number of benzene rings is 1. The number of fused-ring (bicyclic) bond motifs is 1. The predicted octanol–water partition coefficient (Wildman–Crippen LogP) is 2.98. The molecule has 0 aliphatic carbocycles. The van der Waals surface area contributed by atoms with Crippen molar-refractivity contribution in [1.29, 1.82) is 0 Å². The summed E-state index contributed by atoms with van der Waals surface area (Å²) in [5, 5.41) is 0. The second-order valence-electron chi connectivity index (χ2n) is 5.58. The number of rotatable bonds is 4. The molecule has 0 atom stereocenters. The van der Waals surface area contributed by atoms with Gasteiger partial charge in [-0.25, -0.2) is 4.98 Å². The highest BCUT2D eigenvalue weighted by Crippen LogP contribution is 2.19. The van der Waals surface area contributed by atoms with E-state index >= 15 is 0 Å². The molecular weight excluding hydrogens is 318 g/mol. The molecule has 0 spiro atoms. The molecular formula is C19H23N3O3. The summed E-state index contributed by atoms with van der Waals surface area (Å²) < 4.78 is 7.81. The van der Waals surface area contributed by atoms with Gasteiger partial charge >= 0.3 is 0 Å². The van der Waals surface area contributed by atoms with Gasteiger partial charge in [-0.1, -0.05) is 29.8 Å². The summed E-state index contributed by atoms with van der Waals surface area (Å²) in [6.45, 7) is 9.50. The number of ether oxygens (including phenoxy) is 1. The molecule has 2 heterocycles. The SMILES string of the molecule is CCOC=O.CCn1c(C)cc(=O)n2cc(-c3ccc(C)cc3)nc12. The fourth-order valence-corrected chi connectivity index (χ4v) is 2.53. The maximum atomic E-state index is 12.1. The maximum absolute atomic E-state index is 12.1. The number of carbonyl (C=O) groups excluding carboxylic acids is 1. The second-order valence-corrected chi connectivity index (χ2v) is 5.58. The molecule has 6 heteroatoms. The van der Waals surface area contributed by atoms with Crippen molar-refractivity contribution in [3.05, 3.63) is 58.1 Å².